The summed E-state index contributed by atoms with van der Waals surface area (Å²) in [4.78, 5) is 24.3. The van der Waals surface area contributed by atoms with Crippen LogP contribution in [0.3, 0.4) is 0 Å². The Kier molecular flexibility index (Phi) is 9.96. The zero-order valence-corrected chi connectivity index (χ0v) is 20.9. The van der Waals surface area contributed by atoms with Crippen molar-refractivity contribution >= 4 is 47.4 Å². The Hall–Kier alpha value is -1.10. The molecule has 7 nitrogen and oxygen atoms in total. The number of aryl methyl sites for hydroxylation is 2. The van der Waals surface area contributed by atoms with Gasteiger partial charge >= 0.3 is 6.09 Å². The fourth-order valence-electron chi connectivity index (χ4n) is 3.11. The molecule has 1 saturated heterocycles. The summed E-state index contributed by atoms with van der Waals surface area (Å²) >= 11 is 1.70. The molecule has 2 N–H and O–H groups in total. The van der Waals surface area contributed by atoms with Gasteiger partial charge in [0.05, 0.1) is 23.3 Å². The van der Waals surface area contributed by atoms with E-state index in [9.17, 15) is 4.79 Å². The summed E-state index contributed by atoms with van der Waals surface area (Å²) in [7, 11) is 1.76. The van der Waals surface area contributed by atoms with E-state index in [0.717, 1.165) is 42.5 Å². The predicted molar refractivity (Wildman–Crippen MR) is 126 cm³/mol. The van der Waals surface area contributed by atoms with Crippen LogP contribution in [-0.4, -0.2) is 53.7 Å². The standard InChI is InChI=1S/C19H33N5O2S.HI/c1-13-16(27-14(2)23-13)12-22-17(20-6)21-11-15-9-7-8-10-24(15)18(25)26-19(3,4)5;/h15H,7-12H2,1-6H3,(H2,20,21,22);1H. The van der Waals surface area contributed by atoms with Gasteiger partial charge in [0, 0.05) is 25.0 Å². The van der Waals surface area contributed by atoms with E-state index in [-0.39, 0.29) is 36.1 Å². The quantitative estimate of drug-likeness (QED) is 0.357. The van der Waals surface area contributed by atoms with Crippen molar-refractivity contribution in [2.24, 2.45) is 4.99 Å². The number of halogens is 1. The highest BCUT2D eigenvalue weighted by Gasteiger charge is 2.30. The lowest BCUT2D eigenvalue weighted by atomic mass is 10.0. The van der Waals surface area contributed by atoms with E-state index in [4.69, 9.17) is 4.74 Å². The summed E-state index contributed by atoms with van der Waals surface area (Å²) in [6, 6.07) is 0.111. The second-order valence-corrected chi connectivity index (χ2v) is 9.16. The van der Waals surface area contributed by atoms with Crippen LogP contribution in [0.15, 0.2) is 4.99 Å². The minimum Gasteiger partial charge on any atom is -0.444 e. The molecule has 28 heavy (non-hydrogen) atoms. The van der Waals surface area contributed by atoms with E-state index in [0.29, 0.717) is 13.1 Å². The maximum atomic E-state index is 12.5. The number of amides is 1. The number of carbonyl (C=O) groups excluding carboxylic acids is 1. The number of hydrogen-bond donors (Lipinski definition) is 2. The van der Waals surface area contributed by atoms with E-state index >= 15 is 0 Å². The van der Waals surface area contributed by atoms with Gasteiger partial charge in [0.2, 0.25) is 0 Å². The van der Waals surface area contributed by atoms with E-state index in [1.807, 2.05) is 39.5 Å². The van der Waals surface area contributed by atoms with Crippen molar-refractivity contribution in [1.82, 2.24) is 20.5 Å². The molecule has 0 radical (unpaired) electrons. The molecule has 0 aliphatic carbocycles. The zero-order chi connectivity index (χ0) is 20.0. The summed E-state index contributed by atoms with van der Waals surface area (Å²) < 4.78 is 5.57. The van der Waals surface area contributed by atoms with E-state index < -0.39 is 5.60 Å². The molecular weight excluding hydrogens is 489 g/mol. The van der Waals surface area contributed by atoms with Crippen LogP contribution in [0.1, 0.15) is 55.6 Å². The molecule has 1 atom stereocenters. The lowest BCUT2D eigenvalue weighted by molar-refractivity contribution is 0.0104. The number of nitrogens with one attached hydrogen (secondary N) is 2. The smallest absolute Gasteiger partial charge is 0.410 e. The van der Waals surface area contributed by atoms with Crippen molar-refractivity contribution in [3.63, 3.8) is 0 Å². The highest BCUT2D eigenvalue weighted by Crippen LogP contribution is 2.20. The fraction of sp³-hybridized carbons (Fsp3) is 0.737. The molecule has 0 aromatic carbocycles. The highest BCUT2D eigenvalue weighted by molar-refractivity contribution is 14.0. The van der Waals surface area contributed by atoms with Crippen LogP contribution in [0.25, 0.3) is 0 Å². The summed E-state index contributed by atoms with van der Waals surface area (Å²) in [5.41, 5.74) is 0.582. The summed E-state index contributed by atoms with van der Waals surface area (Å²) in [6.07, 6.45) is 2.88. The third kappa shape index (κ3) is 7.73. The van der Waals surface area contributed by atoms with Crippen molar-refractivity contribution in [2.75, 3.05) is 20.1 Å². The molecule has 2 rings (SSSR count). The number of rotatable bonds is 4. The number of carbonyl (C=O) groups is 1. The maximum absolute atomic E-state index is 12.5. The number of nitrogens with zero attached hydrogens (tertiary/aromatic N) is 3. The summed E-state index contributed by atoms with van der Waals surface area (Å²) in [5, 5.41) is 7.77. The van der Waals surface area contributed by atoms with Gasteiger partial charge in [0.25, 0.3) is 0 Å². The Morgan fingerprint density at radius 3 is 2.61 bits per heavy atom. The summed E-state index contributed by atoms with van der Waals surface area (Å²) in [6.45, 7) is 11.8. The highest BCUT2D eigenvalue weighted by atomic mass is 127. The molecule has 1 amide bonds. The van der Waals surface area contributed by atoms with Gasteiger partial charge in [0.15, 0.2) is 5.96 Å². The SMILES string of the molecule is CN=C(NCc1sc(C)nc1C)NCC1CCCCN1C(=O)OC(C)(C)C.I. The predicted octanol–water partition coefficient (Wildman–Crippen LogP) is 3.83. The van der Waals surface area contributed by atoms with E-state index in [1.165, 1.54) is 4.88 Å². The molecule has 9 heteroatoms. The Morgan fingerprint density at radius 2 is 2.04 bits per heavy atom. The average Bonchev–Trinajstić information content (AvgIpc) is 2.91. The van der Waals surface area contributed by atoms with Gasteiger partial charge in [-0.2, -0.15) is 0 Å². The van der Waals surface area contributed by atoms with Crippen LogP contribution in [0.4, 0.5) is 4.79 Å². The Morgan fingerprint density at radius 1 is 1.32 bits per heavy atom. The topological polar surface area (TPSA) is 78.9 Å². The molecule has 0 saturated carbocycles. The zero-order valence-electron chi connectivity index (χ0n) is 17.8. The maximum Gasteiger partial charge on any atom is 0.410 e. The first-order chi connectivity index (χ1) is 12.7. The number of aliphatic imine (C=N–C) groups is 1. The van der Waals surface area contributed by atoms with Crippen molar-refractivity contribution in [3.8, 4) is 0 Å². The number of thiazole rings is 1. The molecule has 1 fully saturated rings. The number of guanidine groups is 1. The Labute approximate surface area is 189 Å². The second kappa shape index (κ2) is 11.2. The van der Waals surface area contributed by atoms with Crippen LogP contribution in [0.5, 0.6) is 0 Å². The molecule has 1 unspecified atom stereocenters. The largest absolute Gasteiger partial charge is 0.444 e. The molecule has 1 aromatic rings. The second-order valence-electron chi connectivity index (χ2n) is 7.87. The molecule has 2 heterocycles. The molecule has 160 valence electrons. The van der Waals surface area contributed by atoms with Gasteiger partial charge in [-0.15, -0.1) is 35.3 Å². The minimum atomic E-state index is -0.477. The third-order valence-corrected chi connectivity index (χ3v) is 5.47. The van der Waals surface area contributed by atoms with Crippen molar-refractivity contribution in [1.29, 1.82) is 0 Å². The molecule has 1 aliphatic heterocycles. The monoisotopic (exact) mass is 523 g/mol. The van der Waals surface area contributed by atoms with Gasteiger partial charge < -0.3 is 20.3 Å². The van der Waals surface area contributed by atoms with E-state index in [2.05, 4.69) is 20.6 Å². The van der Waals surface area contributed by atoms with Gasteiger partial charge in [-0.25, -0.2) is 9.78 Å². The van der Waals surface area contributed by atoms with Crippen molar-refractivity contribution in [3.05, 3.63) is 15.6 Å². The van der Waals surface area contributed by atoms with Crippen LogP contribution < -0.4 is 10.6 Å². The average molecular weight is 523 g/mol. The minimum absolute atomic E-state index is 0. The normalized spacial score (nSPS) is 17.7. The fourth-order valence-corrected chi connectivity index (χ4v) is 3.99. The number of piperidine rings is 1. The molecule has 0 bridgehead atoms. The number of likely N-dealkylation sites (tertiary alicyclic amines) is 1. The van der Waals surface area contributed by atoms with Crippen LogP contribution >= 0.6 is 35.3 Å². The van der Waals surface area contributed by atoms with Gasteiger partial charge in [-0.05, 0) is 53.9 Å². The molecule has 1 aromatic heterocycles. The first-order valence-corrected chi connectivity index (χ1v) is 10.4. The van der Waals surface area contributed by atoms with Gasteiger partial charge in [-0.1, -0.05) is 0 Å². The van der Waals surface area contributed by atoms with Gasteiger partial charge in [-0.3, -0.25) is 4.99 Å². The Balaban J connectivity index is 0.00000392. The lowest BCUT2D eigenvalue weighted by Crippen LogP contribution is -2.52. The van der Waals surface area contributed by atoms with Crippen LogP contribution in [0.2, 0.25) is 0 Å². The molecule has 1 aliphatic rings. The Bertz CT molecular complexity index is 672. The number of hydrogen-bond acceptors (Lipinski definition) is 5. The van der Waals surface area contributed by atoms with Crippen LogP contribution in [-0.2, 0) is 11.3 Å². The number of ether oxygens (including phenoxy) is 1. The summed E-state index contributed by atoms with van der Waals surface area (Å²) in [5.74, 6) is 0.732. The first kappa shape index (κ1) is 24.9. The molecular formula is C19H34IN5O2S. The van der Waals surface area contributed by atoms with E-state index in [1.54, 1.807) is 18.4 Å². The molecule has 0 spiro atoms. The van der Waals surface area contributed by atoms with Gasteiger partial charge in [0.1, 0.15) is 5.60 Å². The number of aromatic nitrogens is 1. The lowest BCUT2D eigenvalue weighted by Gasteiger charge is -2.37. The third-order valence-electron chi connectivity index (χ3n) is 4.40. The first-order valence-electron chi connectivity index (χ1n) is 9.56. The van der Waals surface area contributed by atoms with Crippen LogP contribution in [0, 0.1) is 13.8 Å². The van der Waals surface area contributed by atoms with Crippen molar-refractivity contribution in [2.45, 2.75) is 72.1 Å². The van der Waals surface area contributed by atoms with Crippen molar-refractivity contribution < 1.29 is 9.53 Å².